The number of unbranched alkanes of at least 4 members (excludes halogenated alkanes) is 18. The van der Waals surface area contributed by atoms with E-state index in [1.807, 2.05) is 0 Å². The van der Waals surface area contributed by atoms with E-state index in [4.69, 9.17) is 11.4 Å². The van der Waals surface area contributed by atoms with Crippen molar-refractivity contribution in [1.82, 2.24) is 0 Å². The van der Waals surface area contributed by atoms with Crippen LogP contribution in [0.5, 0.6) is 0 Å². The summed E-state index contributed by atoms with van der Waals surface area (Å²) in [6.45, 7) is 9.28. The van der Waals surface area contributed by atoms with Crippen molar-refractivity contribution in [2.75, 3.05) is 19.8 Å². The zero-order valence-corrected chi connectivity index (χ0v) is 22.9. The molecule has 0 bridgehead atoms. The molecule has 186 valence electrons. The summed E-state index contributed by atoms with van der Waals surface area (Å²) in [5.74, 6) is 0. The minimum absolute atomic E-state index is 0.818. The Bertz CT molecular complexity index is 267. The van der Waals surface area contributed by atoms with E-state index in [0.29, 0.717) is 0 Å². The summed E-state index contributed by atoms with van der Waals surface area (Å²) >= 11 is -1.94. The highest BCUT2D eigenvalue weighted by Gasteiger charge is 2.30. The number of rotatable bonds is 27. The lowest BCUT2D eigenvalue weighted by Gasteiger charge is -2.14. The van der Waals surface area contributed by atoms with Crippen molar-refractivity contribution in [3.8, 4) is 0 Å². The van der Waals surface area contributed by atoms with Gasteiger partial charge < -0.3 is 11.4 Å². The Labute approximate surface area is 201 Å². The molecule has 0 aliphatic heterocycles. The molecule has 0 atom stereocenters. The topological polar surface area (TPSA) is 27.7 Å². The maximum Gasteiger partial charge on any atom is 0.905 e. The summed E-state index contributed by atoms with van der Waals surface area (Å²) in [4.78, 5) is 0. The predicted octanol–water partition coefficient (Wildman–Crippen LogP) is 9.27. The molecule has 0 amide bonds. The first-order valence-electron chi connectivity index (χ1n) is 14.2. The molecule has 0 saturated heterocycles. The molecule has 0 aromatic carbocycles. The molecule has 4 heteroatoms. The van der Waals surface area contributed by atoms with Crippen molar-refractivity contribution in [2.24, 2.45) is 0 Å². The third kappa shape index (κ3) is 26.5. The van der Waals surface area contributed by atoms with E-state index in [2.05, 4.69) is 20.8 Å². The van der Waals surface area contributed by atoms with Crippen LogP contribution in [0.3, 0.4) is 0 Å². The Balaban J connectivity index is 3.82. The summed E-state index contributed by atoms with van der Waals surface area (Å²) < 4.78 is 18.3. The molecule has 0 radical (unpaired) electrons. The first-order chi connectivity index (χ1) is 15.3. The molecule has 3 nitrogen and oxygen atoms in total. The molecule has 0 aromatic rings. The minimum Gasteiger partial charge on any atom is -0.454 e. The fourth-order valence-corrected chi connectivity index (χ4v) is 5.23. The first kappa shape index (κ1) is 31.4. The largest absolute Gasteiger partial charge is 0.905 e. The van der Waals surface area contributed by atoms with Gasteiger partial charge in [0.15, 0.2) is 0 Å². The van der Waals surface area contributed by atoms with Gasteiger partial charge in [0.25, 0.3) is 0 Å². The quantitative estimate of drug-likeness (QED) is 0.0910. The molecule has 31 heavy (non-hydrogen) atoms. The van der Waals surface area contributed by atoms with Crippen molar-refractivity contribution in [3.05, 3.63) is 0 Å². The summed E-state index contributed by atoms with van der Waals surface area (Å²) in [7, 11) is 0. The van der Waals surface area contributed by atoms with Gasteiger partial charge in [0.05, 0.1) is 0 Å². The van der Waals surface area contributed by atoms with Crippen LogP contribution in [0.25, 0.3) is 0 Å². The Morgan fingerprint density at radius 3 is 0.806 bits per heavy atom. The van der Waals surface area contributed by atoms with E-state index in [1.165, 1.54) is 116 Å². The molecule has 0 spiro atoms. The summed E-state index contributed by atoms with van der Waals surface area (Å²) in [6, 6.07) is 0. The Kier molecular flexibility index (Phi) is 28.8. The lowest BCUT2D eigenvalue weighted by molar-refractivity contribution is 0.0885. The molecule has 0 fully saturated rings. The van der Waals surface area contributed by atoms with E-state index in [-0.39, 0.29) is 0 Å². The lowest BCUT2D eigenvalue weighted by Crippen LogP contribution is -2.28. The van der Waals surface area contributed by atoms with Gasteiger partial charge in [-0.05, 0) is 19.3 Å². The van der Waals surface area contributed by atoms with E-state index in [1.54, 1.807) is 0 Å². The van der Waals surface area contributed by atoms with E-state index >= 15 is 0 Å². The lowest BCUT2D eigenvalue weighted by atomic mass is 10.1. The van der Waals surface area contributed by atoms with E-state index in [0.717, 1.165) is 39.1 Å². The highest BCUT2D eigenvalue weighted by molar-refractivity contribution is 6.36. The van der Waals surface area contributed by atoms with Crippen LogP contribution in [0.4, 0.5) is 0 Å². The maximum atomic E-state index is 6.08. The number of hydrogen-bond donors (Lipinski definition) is 0. The second kappa shape index (κ2) is 28.4. The molecule has 0 aromatic heterocycles. The van der Waals surface area contributed by atoms with Crippen LogP contribution in [-0.2, 0) is 11.4 Å². The summed E-state index contributed by atoms with van der Waals surface area (Å²) in [5.41, 5.74) is 0. The van der Waals surface area contributed by atoms with Gasteiger partial charge in [0, 0.05) is 19.8 Å². The van der Waals surface area contributed by atoms with E-state index < -0.39 is 15.1 Å². The van der Waals surface area contributed by atoms with Gasteiger partial charge in [0.2, 0.25) is 0 Å². The first-order valence-corrected chi connectivity index (χ1v) is 15.6. The SMILES string of the molecule is CCCCCCCCC[O][Al]([O]CCCCCCCCC)[O]CCCCCCCCC. The van der Waals surface area contributed by atoms with Gasteiger partial charge in [-0.3, -0.25) is 0 Å². The van der Waals surface area contributed by atoms with Crippen LogP contribution >= 0.6 is 0 Å². The van der Waals surface area contributed by atoms with Gasteiger partial charge in [0.1, 0.15) is 0 Å². The molecule has 0 aliphatic carbocycles. The van der Waals surface area contributed by atoms with Crippen LogP contribution in [0, 0.1) is 0 Å². The van der Waals surface area contributed by atoms with Crippen molar-refractivity contribution in [2.45, 2.75) is 156 Å². The molecule has 0 unspecified atom stereocenters. The zero-order valence-electron chi connectivity index (χ0n) is 21.8. The Hall–Kier alpha value is 0.412. The smallest absolute Gasteiger partial charge is 0.454 e. The fourth-order valence-electron chi connectivity index (χ4n) is 3.86. The Morgan fingerprint density at radius 2 is 0.548 bits per heavy atom. The maximum absolute atomic E-state index is 6.08. The predicted molar refractivity (Wildman–Crippen MR) is 138 cm³/mol. The summed E-state index contributed by atoms with van der Waals surface area (Å²) in [5, 5.41) is 0. The van der Waals surface area contributed by atoms with Crippen molar-refractivity contribution < 1.29 is 11.4 Å². The van der Waals surface area contributed by atoms with Gasteiger partial charge in [-0.15, -0.1) is 0 Å². The second-order valence-corrected chi connectivity index (χ2v) is 10.8. The molecular weight excluding hydrogens is 399 g/mol. The van der Waals surface area contributed by atoms with Crippen LogP contribution < -0.4 is 0 Å². The average molecular weight is 457 g/mol. The van der Waals surface area contributed by atoms with Crippen LogP contribution in [0.2, 0.25) is 0 Å². The van der Waals surface area contributed by atoms with Crippen LogP contribution in [0.15, 0.2) is 0 Å². The molecular formula is C27H57AlO3. The number of hydrogen-bond acceptors (Lipinski definition) is 3. The molecule has 0 rings (SSSR count). The van der Waals surface area contributed by atoms with Crippen molar-refractivity contribution in [1.29, 1.82) is 0 Å². The molecule has 0 N–H and O–H groups in total. The van der Waals surface area contributed by atoms with Gasteiger partial charge >= 0.3 is 15.1 Å². The van der Waals surface area contributed by atoms with E-state index in [9.17, 15) is 0 Å². The van der Waals surface area contributed by atoms with Crippen molar-refractivity contribution >= 4 is 15.1 Å². The molecule has 0 saturated carbocycles. The highest BCUT2D eigenvalue weighted by Crippen LogP contribution is 2.10. The standard InChI is InChI=1S/3C9H19O.Al/c3*1-2-3-4-5-6-7-8-9-10;/h3*2-9H2,1H3;/q3*-1;+3. The summed E-state index contributed by atoms with van der Waals surface area (Å²) in [6.07, 6.45) is 27.7. The monoisotopic (exact) mass is 456 g/mol. The second-order valence-electron chi connectivity index (χ2n) is 9.27. The average Bonchev–Trinajstić information content (AvgIpc) is 2.78. The Morgan fingerprint density at radius 1 is 0.323 bits per heavy atom. The minimum atomic E-state index is -1.94. The normalized spacial score (nSPS) is 11.3. The van der Waals surface area contributed by atoms with Gasteiger partial charge in [-0.25, -0.2) is 0 Å². The van der Waals surface area contributed by atoms with Crippen molar-refractivity contribution in [3.63, 3.8) is 0 Å². The third-order valence-electron chi connectivity index (χ3n) is 6.01. The highest BCUT2D eigenvalue weighted by atomic mass is 27.3. The third-order valence-corrected chi connectivity index (χ3v) is 7.53. The fraction of sp³-hybridized carbons (Fsp3) is 1.00. The molecule has 0 heterocycles. The molecule has 0 aliphatic rings. The van der Waals surface area contributed by atoms with Gasteiger partial charge in [-0.1, -0.05) is 136 Å². The van der Waals surface area contributed by atoms with Gasteiger partial charge in [-0.2, -0.15) is 0 Å². The van der Waals surface area contributed by atoms with Crippen LogP contribution in [-0.4, -0.2) is 35.0 Å². The van der Waals surface area contributed by atoms with Crippen LogP contribution in [0.1, 0.15) is 156 Å². The zero-order chi connectivity index (χ0) is 22.7.